The molecule has 0 atom stereocenters. The Morgan fingerprint density at radius 1 is 1.18 bits per heavy atom. The van der Waals surface area contributed by atoms with Crippen LogP contribution in [-0.4, -0.2) is 29.2 Å². The molecule has 0 bridgehead atoms. The zero-order chi connectivity index (χ0) is 19.5. The van der Waals surface area contributed by atoms with Crippen molar-refractivity contribution in [3.63, 3.8) is 0 Å². The van der Waals surface area contributed by atoms with Gasteiger partial charge in [0.25, 0.3) is 5.91 Å². The summed E-state index contributed by atoms with van der Waals surface area (Å²) in [6.45, 7) is 3.33. The molecule has 0 radical (unpaired) electrons. The van der Waals surface area contributed by atoms with E-state index < -0.39 is 0 Å². The van der Waals surface area contributed by atoms with Crippen molar-refractivity contribution in [2.75, 3.05) is 19.0 Å². The van der Waals surface area contributed by atoms with Gasteiger partial charge in [0, 0.05) is 35.6 Å². The van der Waals surface area contributed by atoms with Gasteiger partial charge in [-0.15, -0.1) is 11.3 Å². The molecule has 1 N–H and O–H groups in total. The first kappa shape index (κ1) is 18.4. The molecule has 0 aliphatic carbocycles. The zero-order valence-electron chi connectivity index (χ0n) is 15.8. The minimum Gasteiger partial charge on any atom is -0.383 e. The molecule has 0 saturated heterocycles. The molecule has 2 aromatic heterocycles. The smallest absolute Gasteiger partial charge is 0.275 e. The number of nitrogens with one attached hydrogen (secondary N) is 1. The van der Waals surface area contributed by atoms with E-state index in [9.17, 15) is 4.79 Å². The van der Waals surface area contributed by atoms with Gasteiger partial charge >= 0.3 is 0 Å². The molecule has 4 rings (SSSR count). The van der Waals surface area contributed by atoms with Crippen LogP contribution in [0.25, 0.3) is 21.6 Å². The predicted molar refractivity (Wildman–Crippen MR) is 114 cm³/mol. The monoisotopic (exact) mass is 391 g/mol. The summed E-state index contributed by atoms with van der Waals surface area (Å²) in [7, 11) is 1.70. The van der Waals surface area contributed by atoms with E-state index in [1.807, 2.05) is 43.3 Å². The maximum Gasteiger partial charge on any atom is 0.275 e. The number of hydrogen-bond acceptors (Lipinski definition) is 4. The summed E-state index contributed by atoms with van der Waals surface area (Å²) in [5.74, 6) is -0.201. The zero-order valence-corrected chi connectivity index (χ0v) is 16.6. The average Bonchev–Trinajstić information content (AvgIpc) is 3.31. The van der Waals surface area contributed by atoms with E-state index in [-0.39, 0.29) is 5.91 Å². The van der Waals surface area contributed by atoms with E-state index in [2.05, 4.69) is 33.1 Å². The van der Waals surface area contributed by atoms with Crippen LogP contribution in [-0.2, 0) is 11.3 Å². The molecular weight excluding hydrogens is 370 g/mol. The Labute approximate surface area is 167 Å². The van der Waals surface area contributed by atoms with E-state index >= 15 is 0 Å². The van der Waals surface area contributed by atoms with Crippen LogP contribution in [0.5, 0.6) is 0 Å². The van der Waals surface area contributed by atoms with Gasteiger partial charge in [0.15, 0.2) is 0 Å². The lowest BCUT2D eigenvalue weighted by Crippen LogP contribution is -2.12. The molecule has 0 aliphatic rings. The summed E-state index contributed by atoms with van der Waals surface area (Å²) < 4.78 is 7.47. The SMILES string of the molecule is COCCn1c(-c2nc(C(=O)Nc3cccc(C)c3)cs2)cc2ccccc21. The molecule has 2 heterocycles. The summed E-state index contributed by atoms with van der Waals surface area (Å²) in [4.78, 5) is 17.2. The molecule has 0 fully saturated rings. The summed E-state index contributed by atoms with van der Waals surface area (Å²) in [5, 5.41) is 6.69. The highest BCUT2D eigenvalue weighted by Crippen LogP contribution is 2.30. The van der Waals surface area contributed by atoms with E-state index in [0.29, 0.717) is 12.3 Å². The number of para-hydroxylation sites is 1. The van der Waals surface area contributed by atoms with Gasteiger partial charge in [0.2, 0.25) is 0 Å². The van der Waals surface area contributed by atoms with Crippen LogP contribution in [0.3, 0.4) is 0 Å². The first-order chi connectivity index (χ1) is 13.7. The molecule has 2 aromatic carbocycles. The van der Waals surface area contributed by atoms with Gasteiger partial charge in [-0.3, -0.25) is 4.79 Å². The van der Waals surface area contributed by atoms with E-state index in [0.717, 1.165) is 39.4 Å². The Balaban J connectivity index is 1.64. The fraction of sp³-hybridized carbons (Fsp3) is 0.182. The minimum absolute atomic E-state index is 0.201. The minimum atomic E-state index is -0.201. The second-order valence-electron chi connectivity index (χ2n) is 6.59. The molecule has 0 saturated carbocycles. The van der Waals surface area contributed by atoms with Crippen LogP contribution in [0.2, 0.25) is 0 Å². The molecular formula is C22H21N3O2S. The summed E-state index contributed by atoms with van der Waals surface area (Å²) in [6, 6.07) is 18.1. The second kappa shape index (κ2) is 7.96. The highest BCUT2D eigenvalue weighted by atomic mass is 32.1. The Hall–Kier alpha value is -2.96. The molecule has 142 valence electrons. The van der Waals surface area contributed by atoms with Crippen molar-refractivity contribution in [1.82, 2.24) is 9.55 Å². The standard InChI is InChI=1S/C22H21N3O2S/c1-15-6-5-8-17(12-15)23-21(26)18-14-28-22(24-18)20-13-16-7-3-4-9-19(16)25(20)10-11-27-2/h3-9,12-14H,10-11H2,1-2H3,(H,23,26). The number of methoxy groups -OCH3 is 1. The first-order valence-corrected chi connectivity index (χ1v) is 9.95. The van der Waals surface area contributed by atoms with Crippen molar-refractivity contribution in [1.29, 1.82) is 0 Å². The number of carbonyl (C=O) groups excluding carboxylic acids is 1. The predicted octanol–water partition coefficient (Wildman–Crippen LogP) is 4.97. The highest BCUT2D eigenvalue weighted by Gasteiger charge is 2.16. The van der Waals surface area contributed by atoms with Crippen molar-refractivity contribution in [3.8, 4) is 10.7 Å². The number of hydrogen-bond donors (Lipinski definition) is 1. The van der Waals surface area contributed by atoms with Crippen LogP contribution in [0.15, 0.2) is 60.0 Å². The summed E-state index contributed by atoms with van der Waals surface area (Å²) >= 11 is 1.47. The van der Waals surface area contributed by atoms with Gasteiger partial charge in [-0.05, 0) is 36.8 Å². The normalized spacial score (nSPS) is 11.1. The van der Waals surface area contributed by atoms with Crippen molar-refractivity contribution in [2.24, 2.45) is 0 Å². The van der Waals surface area contributed by atoms with Gasteiger partial charge in [-0.1, -0.05) is 30.3 Å². The van der Waals surface area contributed by atoms with E-state index in [1.165, 1.54) is 11.3 Å². The number of benzene rings is 2. The average molecular weight is 391 g/mol. The van der Waals surface area contributed by atoms with Crippen LogP contribution in [0.1, 0.15) is 16.1 Å². The van der Waals surface area contributed by atoms with Crippen LogP contribution in [0, 0.1) is 6.92 Å². The highest BCUT2D eigenvalue weighted by molar-refractivity contribution is 7.13. The third kappa shape index (κ3) is 3.69. The lowest BCUT2D eigenvalue weighted by Gasteiger charge is -2.08. The molecule has 0 unspecified atom stereocenters. The quantitative estimate of drug-likeness (QED) is 0.505. The maximum atomic E-state index is 12.6. The molecule has 28 heavy (non-hydrogen) atoms. The number of thiazole rings is 1. The van der Waals surface area contributed by atoms with E-state index in [1.54, 1.807) is 12.5 Å². The lowest BCUT2D eigenvalue weighted by atomic mass is 10.2. The number of carbonyl (C=O) groups is 1. The summed E-state index contributed by atoms with van der Waals surface area (Å²) in [5.41, 5.74) is 4.42. The van der Waals surface area contributed by atoms with Crippen LogP contribution < -0.4 is 5.32 Å². The molecule has 4 aromatic rings. The third-order valence-electron chi connectivity index (χ3n) is 4.56. The van der Waals surface area contributed by atoms with Crippen LogP contribution in [0.4, 0.5) is 5.69 Å². The van der Waals surface area contributed by atoms with Gasteiger partial charge in [0.05, 0.1) is 12.3 Å². The molecule has 1 amide bonds. The number of aryl methyl sites for hydroxylation is 1. The number of fused-ring (bicyclic) bond motifs is 1. The van der Waals surface area contributed by atoms with Gasteiger partial charge < -0.3 is 14.6 Å². The Bertz CT molecular complexity index is 1130. The topological polar surface area (TPSA) is 56.2 Å². The van der Waals surface area contributed by atoms with Crippen molar-refractivity contribution in [2.45, 2.75) is 13.5 Å². The molecule has 6 heteroatoms. The number of amides is 1. The Morgan fingerprint density at radius 3 is 2.86 bits per heavy atom. The molecule has 0 spiro atoms. The lowest BCUT2D eigenvalue weighted by molar-refractivity contribution is 0.102. The molecule has 0 aliphatic heterocycles. The number of ether oxygens (including phenoxy) is 1. The number of aromatic nitrogens is 2. The van der Waals surface area contributed by atoms with Gasteiger partial charge in [-0.2, -0.15) is 0 Å². The Morgan fingerprint density at radius 2 is 2.04 bits per heavy atom. The van der Waals surface area contributed by atoms with Gasteiger partial charge in [0.1, 0.15) is 10.7 Å². The van der Waals surface area contributed by atoms with Crippen molar-refractivity contribution in [3.05, 3.63) is 71.2 Å². The van der Waals surface area contributed by atoms with Gasteiger partial charge in [-0.25, -0.2) is 4.98 Å². The largest absolute Gasteiger partial charge is 0.383 e. The van der Waals surface area contributed by atoms with Crippen molar-refractivity contribution < 1.29 is 9.53 Å². The Kier molecular flexibility index (Phi) is 5.23. The fourth-order valence-corrected chi connectivity index (χ4v) is 4.05. The van der Waals surface area contributed by atoms with Crippen LogP contribution >= 0.6 is 11.3 Å². The molecule has 5 nitrogen and oxygen atoms in total. The number of anilines is 1. The van der Waals surface area contributed by atoms with E-state index in [4.69, 9.17) is 4.74 Å². The summed E-state index contributed by atoms with van der Waals surface area (Å²) in [6.07, 6.45) is 0. The fourth-order valence-electron chi connectivity index (χ4n) is 3.22. The maximum absolute atomic E-state index is 12.6. The number of nitrogens with zero attached hydrogens (tertiary/aromatic N) is 2. The number of rotatable bonds is 6. The second-order valence-corrected chi connectivity index (χ2v) is 7.45. The van der Waals surface area contributed by atoms with Crippen molar-refractivity contribution >= 4 is 33.8 Å². The third-order valence-corrected chi connectivity index (χ3v) is 5.43. The first-order valence-electron chi connectivity index (χ1n) is 9.07.